The highest BCUT2D eigenvalue weighted by molar-refractivity contribution is 7.95. The van der Waals surface area contributed by atoms with Gasteiger partial charge in [0.15, 0.2) is 0 Å². The van der Waals surface area contributed by atoms with Gasteiger partial charge in [-0.1, -0.05) is 24.3 Å². The molecule has 0 unspecified atom stereocenters. The first-order valence-corrected chi connectivity index (χ1v) is 6.76. The number of rotatable bonds is 2. The third-order valence-corrected chi connectivity index (χ3v) is 4.62. The van der Waals surface area contributed by atoms with Gasteiger partial charge in [-0.2, -0.15) is 0 Å². The molecular weight excluding hydrogens is 224 g/mol. The van der Waals surface area contributed by atoms with E-state index in [0.29, 0.717) is 22.6 Å². The Bertz CT molecular complexity index is 488. The fourth-order valence-electron chi connectivity index (χ4n) is 1.82. The molecule has 2 rings (SSSR count). The van der Waals surface area contributed by atoms with Crippen molar-refractivity contribution in [1.82, 2.24) is 0 Å². The monoisotopic (exact) mass is 238 g/mol. The molecule has 0 fully saturated rings. The number of benzene rings is 1. The third kappa shape index (κ3) is 2.18. The molecule has 1 atom stereocenters. The van der Waals surface area contributed by atoms with Gasteiger partial charge >= 0.3 is 0 Å². The normalized spacial score (nSPS) is 21.6. The highest BCUT2D eigenvalue weighted by Gasteiger charge is 2.24. The quantitative estimate of drug-likeness (QED) is 0.856. The highest BCUT2D eigenvalue weighted by atomic mass is 32.2. The Morgan fingerprint density at radius 3 is 2.50 bits per heavy atom. The van der Waals surface area contributed by atoms with Gasteiger partial charge in [0.05, 0.1) is 11.0 Å². The van der Waals surface area contributed by atoms with Crippen molar-refractivity contribution in [2.24, 2.45) is 0 Å². The molecule has 0 radical (unpaired) electrons. The van der Waals surface area contributed by atoms with E-state index in [4.69, 9.17) is 0 Å². The van der Waals surface area contributed by atoms with Crippen LogP contribution in [0.2, 0.25) is 0 Å². The summed E-state index contributed by atoms with van der Waals surface area (Å²) in [6.45, 7) is 0. The van der Waals surface area contributed by atoms with Gasteiger partial charge in [0.1, 0.15) is 0 Å². The van der Waals surface area contributed by atoms with E-state index < -0.39 is 15.9 Å². The predicted molar refractivity (Wildman–Crippen MR) is 61.6 cm³/mol. The second-order valence-electron chi connectivity index (χ2n) is 3.92. The van der Waals surface area contributed by atoms with Crippen molar-refractivity contribution in [3.05, 3.63) is 41.3 Å². The fraction of sp³-hybridized carbons (Fsp3) is 0.333. The van der Waals surface area contributed by atoms with Crippen LogP contribution in [0.5, 0.6) is 0 Å². The Hall–Kier alpha value is -1.13. The molecule has 0 saturated heterocycles. The molecule has 86 valence electrons. The lowest BCUT2D eigenvalue weighted by molar-refractivity contribution is 0.163. The smallest absolute Gasteiger partial charge is 0.202 e. The zero-order valence-corrected chi connectivity index (χ0v) is 9.65. The molecule has 0 bridgehead atoms. The minimum absolute atomic E-state index is 0.233. The maximum absolute atomic E-state index is 12.2. The number of aliphatic hydroxyl groups excluding tert-OH is 1. The molecule has 0 saturated carbocycles. The molecule has 1 aromatic carbocycles. The Balaban J connectivity index is 2.37. The van der Waals surface area contributed by atoms with Gasteiger partial charge in [0.25, 0.3) is 0 Å². The van der Waals surface area contributed by atoms with Gasteiger partial charge < -0.3 is 5.11 Å². The maximum atomic E-state index is 12.2. The molecule has 0 aromatic heterocycles. The second kappa shape index (κ2) is 4.39. The summed E-state index contributed by atoms with van der Waals surface area (Å²) in [5.41, 5.74) is 0. The van der Waals surface area contributed by atoms with E-state index in [2.05, 4.69) is 0 Å². The van der Waals surface area contributed by atoms with Crippen molar-refractivity contribution in [3.63, 3.8) is 0 Å². The Morgan fingerprint density at radius 1 is 1.19 bits per heavy atom. The SMILES string of the molecule is O=S(=O)(C1=CCC[C@@H](O)C1)c1ccccc1. The lowest BCUT2D eigenvalue weighted by atomic mass is 10.1. The molecule has 1 N–H and O–H groups in total. The van der Waals surface area contributed by atoms with E-state index in [1.165, 1.54) is 0 Å². The van der Waals surface area contributed by atoms with Gasteiger partial charge in [0.2, 0.25) is 9.84 Å². The Kier molecular flexibility index (Phi) is 3.12. The molecule has 0 aliphatic heterocycles. The zero-order valence-electron chi connectivity index (χ0n) is 8.83. The Labute approximate surface area is 95.3 Å². The first-order chi connectivity index (χ1) is 7.60. The van der Waals surface area contributed by atoms with Crippen molar-refractivity contribution >= 4 is 9.84 Å². The summed E-state index contributed by atoms with van der Waals surface area (Å²) >= 11 is 0. The molecule has 4 heteroatoms. The number of hydrogen-bond acceptors (Lipinski definition) is 3. The molecule has 1 aliphatic rings. The van der Waals surface area contributed by atoms with E-state index in [-0.39, 0.29) is 6.42 Å². The van der Waals surface area contributed by atoms with E-state index in [9.17, 15) is 13.5 Å². The molecule has 0 spiro atoms. The number of allylic oxidation sites excluding steroid dienone is 1. The average molecular weight is 238 g/mol. The van der Waals surface area contributed by atoms with E-state index in [1.807, 2.05) is 0 Å². The first kappa shape index (κ1) is 11.4. The summed E-state index contributed by atoms with van der Waals surface area (Å²) in [6, 6.07) is 8.34. The minimum atomic E-state index is -3.39. The number of aliphatic hydroxyl groups is 1. The van der Waals surface area contributed by atoms with Crippen LogP contribution < -0.4 is 0 Å². The van der Waals surface area contributed by atoms with Crippen LogP contribution in [0.15, 0.2) is 46.2 Å². The molecule has 0 amide bonds. The number of sulfone groups is 1. The van der Waals surface area contributed by atoms with Crippen LogP contribution in [0.3, 0.4) is 0 Å². The van der Waals surface area contributed by atoms with Crippen LogP contribution in [-0.2, 0) is 9.84 Å². The average Bonchev–Trinajstić information content (AvgIpc) is 2.30. The largest absolute Gasteiger partial charge is 0.393 e. The van der Waals surface area contributed by atoms with Crippen LogP contribution in [-0.4, -0.2) is 19.6 Å². The van der Waals surface area contributed by atoms with Crippen LogP contribution in [0.25, 0.3) is 0 Å². The minimum Gasteiger partial charge on any atom is -0.393 e. The van der Waals surface area contributed by atoms with Crippen molar-refractivity contribution in [2.45, 2.75) is 30.3 Å². The summed E-state index contributed by atoms with van der Waals surface area (Å²) in [4.78, 5) is 0.646. The van der Waals surface area contributed by atoms with Crippen LogP contribution in [0.4, 0.5) is 0 Å². The topological polar surface area (TPSA) is 54.4 Å². The van der Waals surface area contributed by atoms with Crippen molar-refractivity contribution < 1.29 is 13.5 Å². The van der Waals surface area contributed by atoms with E-state index in [1.54, 1.807) is 36.4 Å². The highest BCUT2D eigenvalue weighted by Crippen LogP contribution is 2.27. The van der Waals surface area contributed by atoms with Gasteiger partial charge in [-0.15, -0.1) is 0 Å². The van der Waals surface area contributed by atoms with Gasteiger partial charge in [0, 0.05) is 11.3 Å². The molecule has 0 heterocycles. The van der Waals surface area contributed by atoms with Gasteiger partial charge in [-0.25, -0.2) is 8.42 Å². The second-order valence-corrected chi connectivity index (χ2v) is 5.92. The molecule has 1 aliphatic carbocycles. The predicted octanol–water partition coefficient (Wildman–Crippen LogP) is 1.89. The summed E-state index contributed by atoms with van der Waals surface area (Å²) < 4.78 is 24.3. The maximum Gasteiger partial charge on any atom is 0.202 e. The number of hydrogen-bond donors (Lipinski definition) is 1. The standard InChI is InChI=1S/C12H14O3S/c13-10-5-4-8-12(9-10)16(14,15)11-6-2-1-3-7-11/h1-3,6-8,10,13H,4-5,9H2/t10-/m1/s1. The van der Waals surface area contributed by atoms with Crippen molar-refractivity contribution in [3.8, 4) is 0 Å². The third-order valence-electron chi connectivity index (χ3n) is 2.71. The van der Waals surface area contributed by atoms with Crippen LogP contribution >= 0.6 is 0 Å². The van der Waals surface area contributed by atoms with Crippen LogP contribution in [0, 0.1) is 0 Å². The lowest BCUT2D eigenvalue weighted by Crippen LogP contribution is -2.17. The van der Waals surface area contributed by atoms with Crippen molar-refractivity contribution in [1.29, 1.82) is 0 Å². The molecule has 3 nitrogen and oxygen atoms in total. The van der Waals surface area contributed by atoms with Gasteiger partial charge in [-0.05, 0) is 25.0 Å². The molecule has 1 aromatic rings. The summed E-state index contributed by atoms with van der Waals surface area (Å²) in [7, 11) is -3.39. The summed E-state index contributed by atoms with van der Waals surface area (Å²) in [6.07, 6.45) is 2.70. The molecular formula is C12H14O3S. The summed E-state index contributed by atoms with van der Waals surface area (Å²) in [5, 5.41) is 9.48. The van der Waals surface area contributed by atoms with Gasteiger partial charge in [-0.3, -0.25) is 0 Å². The fourth-order valence-corrected chi connectivity index (χ4v) is 3.39. The molecule has 16 heavy (non-hydrogen) atoms. The van der Waals surface area contributed by atoms with Crippen LogP contribution in [0.1, 0.15) is 19.3 Å². The summed E-state index contributed by atoms with van der Waals surface area (Å²) in [5.74, 6) is 0. The van der Waals surface area contributed by atoms with E-state index >= 15 is 0 Å². The lowest BCUT2D eigenvalue weighted by Gasteiger charge is -2.18. The van der Waals surface area contributed by atoms with Crippen molar-refractivity contribution in [2.75, 3.05) is 0 Å². The first-order valence-electron chi connectivity index (χ1n) is 5.28. The van der Waals surface area contributed by atoms with E-state index in [0.717, 1.165) is 0 Å². The zero-order chi connectivity index (χ0) is 11.6. The Morgan fingerprint density at radius 2 is 1.88 bits per heavy atom.